The fraction of sp³-hybridized carbons (Fsp3) is 0. The van der Waals surface area contributed by atoms with Crippen LogP contribution in [0.5, 0.6) is 0 Å². The van der Waals surface area contributed by atoms with Crippen molar-refractivity contribution in [1.29, 1.82) is 0 Å². The van der Waals surface area contributed by atoms with Gasteiger partial charge in [0, 0.05) is 0 Å². The summed E-state index contributed by atoms with van der Waals surface area (Å²) in [7, 11) is 0. The van der Waals surface area contributed by atoms with Gasteiger partial charge in [0.05, 0.1) is 0 Å². The van der Waals surface area contributed by atoms with Crippen LogP contribution in [0.2, 0.25) is 0 Å². The van der Waals surface area contributed by atoms with E-state index in [-0.39, 0.29) is 29.6 Å². The Labute approximate surface area is 64.6 Å². The molecule has 0 aliphatic carbocycles. The van der Waals surface area contributed by atoms with Crippen molar-refractivity contribution >= 4 is 0 Å². The maximum atomic E-state index is 10.1. The van der Waals surface area contributed by atoms with Crippen LogP contribution >= 0.6 is 0 Å². The van der Waals surface area contributed by atoms with E-state index in [1.807, 2.05) is 3.59 Å². The molecule has 0 aromatic carbocycles. The van der Waals surface area contributed by atoms with Gasteiger partial charge in [-0.05, 0) is 0 Å². The monoisotopic (exact) mass is 204 g/mol. The van der Waals surface area contributed by atoms with Crippen LogP contribution in [0.25, 0.3) is 0 Å². The molecule has 4 nitrogen and oxygen atoms in total. The molecule has 0 fully saturated rings. The second kappa shape index (κ2) is 4.06. The van der Waals surface area contributed by atoms with Crippen LogP contribution in [0.1, 0.15) is 0 Å². The Morgan fingerprint density at radius 2 is 1.71 bits per heavy atom. The molecule has 0 saturated heterocycles. The Bertz CT molecular complexity index is 114. The Morgan fingerprint density at radius 1 is 1.57 bits per heavy atom. The molecule has 0 aliphatic rings. The SMILES string of the molecule is [Na+].[O]=[Mo](=[O])([O-])[O]F. The predicted molar refractivity (Wildman–Crippen MR) is 3.57 cm³/mol. The zero-order chi connectivity index (χ0) is 5.21. The molecular weight excluding hydrogens is 202 g/mol. The van der Waals surface area contributed by atoms with Crippen LogP contribution < -0.4 is 33.3 Å². The summed E-state index contributed by atoms with van der Waals surface area (Å²) in [5, 5.41) is 0. The number of rotatable bonds is 1. The molecule has 0 rings (SSSR count). The van der Waals surface area contributed by atoms with Crippen LogP contribution in [0.3, 0.4) is 0 Å². The van der Waals surface area contributed by atoms with E-state index >= 15 is 0 Å². The molecule has 0 radical (unpaired) electrons. The van der Waals surface area contributed by atoms with Gasteiger partial charge in [0.25, 0.3) is 0 Å². The molecule has 7 heteroatoms. The average molecular weight is 202 g/mol. The van der Waals surface area contributed by atoms with Gasteiger partial charge in [0.1, 0.15) is 0 Å². The standard InChI is InChI=1S/FO.Mo.Na.3O/c1-2;;;;;/q-1;2*+1;;;-1. The summed E-state index contributed by atoms with van der Waals surface area (Å²) in [6.45, 7) is 0. The number of hydrogen-bond donors (Lipinski definition) is 0. The quantitative estimate of drug-likeness (QED) is 0.405. The van der Waals surface area contributed by atoms with Crippen molar-refractivity contribution < 1.29 is 65.0 Å². The van der Waals surface area contributed by atoms with Gasteiger partial charge in [0.15, 0.2) is 0 Å². The molecule has 0 atom stereocenters. The third kappa shape index (κ3) is 11.0. The van der Waals surface area contributed by atoms with E-state index in [9.17, 15) is 4.53 Å². The Balaban J connectivity index is 0. The molecule has 7 heavy (non-hydrogen) atoms. The van der Waals surface area contributed by atoms with Gasteiger partial charge < -0.3 is 0 Å². The van der Waals surface area contributed by atoms with Gasteiger partial charge in [-0.25, -0.2) is 0 Å². The van der Waals surface area contributed by atoms with E-state index in [0.29, 0.717) is 0 Å². The van der Waals surface area contributed by atoms with E-state index in [1.165, 1.54) is 0 Å². The topological polar surface area (TPSA) is 66.4 Å². The Hall–Kier alpha value is 1.14. The molecule has 0 aromatic rings. The van der Waals surface area contributed by atoms with Gasteiger partial charge in [-0.2, -0.15) is 0 Å². The van der Waals surface area contributed by atoms with Crippen molar-refractivity contribution in [2.45, 2.75) is 0 Å². The van der Waals surface area contributed by atoms with E-state index in [1.54, 1.807) is 0 Å². The van der Waals surface area contributed by atoms with Crippen LogP contribution in [0.15, 0.2) is 0 Å². The van der Waals surface area contributed by atoms with Crippen molar-refractivity contribution in [3.8, 4) is 0 Å². The maximum absolute atomic E-state index is 10.1. The van der Waals surface area contributed by atoms with Crippen molar-refractivity contribution in [3.63, 3.8) is 0 Å². The minimum atomic E-state index is -5.98. The Kier molecular flexibility index (Phi) is 6.38. The molecule has 0 aliphatic heterocycles. The average Bonchev–Trinajstić information content (AvgIpc) is 1.35. The first-order valence-electron chi connectivity index (χ1n) is 0.821. The van der Waals surface area contributed by atoms with Gasteiger partial charge in [-0.15, -0.1) is 0 Å². The third-order valence-electron chi connectivity index (χ3n) is 0.0772. The first-order valence-corrected chi connectivity index (χ1v) is 4.10. The van der Waals surface area contributed by atoms with Crippen LogP contribution in [0, 0.1) is 0 Å². The third-order valence-corrected chi connectivity index (χ3v) is 0.456. The molecule has 0 spiro atoms. The molecule has 0 saturated carbocycles. The van der Waals surface area contributed by atoms with E-state index in [2.05, 4.69) is 0 Å². The first-order chi connectivity index (χ1) is 2.56. The molecule has 0 amide bonds. The van der Waals surface area contributed by atoms with Gasteiger partial charge in [0.2, 0.25) is 0 Å². The fourth-order valence-electron chi connectivity index (χ4n) is 0. The minimum absolute atomic E-state index is 0. The summed E-state index contributed by atoms with van der Waals surface area (Å²) in [6.07, 6.45) is 0. The van der Waals surface area contributed by atoms with Crippen LogP contribution in [0.4, 0.5) is 4.53 Å². The van der Waals surface area contributed by atoms with Gasteiger partial charge in [-0.1, -0.05) is 0 Å². The second-order valence-corrected chi connectivity index (χ2v) is 2.79. The molecular formula is FMoNaO4. The summed E-state index contributed by atoms with van der Waals surface area (Å²) in [6, 6.07) is 0. The van der Waals surface area contributed by atoms with Crippen molar-refractivity contribution in [2.24, 2.45) is 0 Å². The first kappa shape index (κ1) is 11.0. The van der Waals surface area contributed by atoms with E-state index in [0.717, 1.165) is 0 Å². The van der Waals surface area contributed by atoms with Crippen molar-refractivity contribution in [2.75, 3.05) is 0 Å². The van der Waals surface area contributed by atoms with Crippen LogP contribution in [-0.2, 0) is 27.1 Å². The summed E-state index contributed by atoms with van der Waals surface area (Å²) in [5.41, 5.74) is 0. The molecule has 0 unspecified atom stereocenters. The number of hydrogen-bond acceptors (Lipinski definition) is 4. The van der Waals surface area contributed by atoms with Crippen molar-refractivity contribution in [1.82, 2.24) is 0 Å². The molecule has 0 heterocycles. The summed E-state index contributed by atoms with van der Waals surface area (Å²) in [4.78, 5) is 0. The van der Waals surface area contributed by atoms with Crippen molar-refractivity contribution in [3.05, 3.63) is 0 Å². The second-order valence-electron chi connectivity index (χ2n) is 0.471. The van der Waals surface area contributed by atoms with Gasteiger partial charge >= 0.3 is 65.0 Å². The van der Waals surface area contributed by atoms with E-state index < -0.39 is 16.7 Å². The molecule has 0 aromatic heterocycles. The Morgan fingerprint density at radius 3 is 1.71 bits per heavy atom. The summed E-state index contributed by atoms with van der Waals surface area (Å²) in [5.74, 6) is 0. The summed E-state index contributed by atoms with van der Waals surface area (Å²) >= 11 is -5.98. The summed E-state index contributed by atoms with van der Waals surface area (Å²) < 4.78 is 39.0. The fourth-order valence-corrected chi connectivity index (χ4v) is 0. The molecule has 0 bridgehead atoms. The van der Waals surface area contributed by atoms with Crippen LogP contribution in [-0.4, -0.2) is 0 Å². The molecule has 0 N–H and O–H groups in total. The predicted octanol–water partition coefficient (Wildman–Crippen LogP) is -4.07. The normalized spacial score (nSPS) is 10.0. The number of halogens is 1. The zero-order valence-corrected chi connectivity index (χ0v) is 7.43. The molecule has 38 valence electrons. The zero-order valence-electron chi connectivity index (χ0n) is 3.42. The van der Waals surface area contributed by atoms with Gasteiger partial charge in [-0.3, -0.25) is 0 Å². The van der Waals surface area contributed by atoms with E-state index in [4.69, 9.17) is 10.6 Å².